The van der Waals surface area contributed by atoms with Crippen molar-refractivity contribution in [2.45, 2.75) is 20.4 Å². The molecule has 1 fully saturated rings. The summed E-state index contributed by atoms with van der Waals surface area (Å²) in [5.74, 6) is -0.464. The molecular weight excluding hydrogens is 380 g/mol. The number of aromatic nitrogens is 1. The van der Waals surface area contributed by atoms with E-state index in [0.717, 1.165) is 0 Å². The first kappa shape index (κ1) is 20.7. The summed E-state index contributed by atoms with van der Waals surface area (Å²) in [6.07, 6.45) is 0. The minimum atomic E-state index is -0.611. The number of likely N-dealkylation sites (N-methyl/N-ethyl adjacent to an activating group) is 1. The molecule has 0 aliphatic carbocycles. The molecule has 0 unspecified atom stereocenters. The Hall–Kier alpha value is -2.99. The number of halogens is 2. The predicted octanol–water partition coefficient (Wildman–Crippen LogP) is 2.30. The normalized spacial score (nSPS) is 14.3. The topological polar surface area (TPSA) is 76.6 Å². The molecule has 1 aromatic carbocycles. The van der Waals surface area contributed by atoms with Crippen molar-refractivity contribution in [2.24, 2.45) is 0 Å². The molecular formula is C20H23F2N5O2. The number of piperazine rings is 1. The molecule has 0 spiro atoms. The number of carbonyl (C=O) groups excluding carboxylic acids is 1. The van der Waals surface area contributed by atoms with Gasteiger partial charge in [-0.05, 0) is 18.7 Å². The van der Waals surface area contributed by atoms with Crippen LogP contribution in [0.4, 0.5) is 14.7 Å². The van der Waals surface area contributed by atoms with Crippen molar-refractivity contribution >= 4 is 11.8 Å². The van der Waals surface area contributed by atoms with Crippen LogP contribution in [0.3, 0.4) is 0 Å². The van der Waals surface area contributed by atoms with Gasteiger partial charge < -0.3 is 14.2 Å². The summed E-state index contributed by atoms with van der Waals surface area (Å²) >= 11 is 0. The number of anilines is 1. The molecule has 2 heterocycles. The van der Waals surface area contributed by atoms with Crippen LogP contribution in [-0.4, -0.2) is 60.0 Å². The highest BCUT2D eigenvalue weighted by Crippen LogP contribution is 2.22. The molecule has 154 valence electrons. The van der Waals surface area contributed by atoms with Gasteiger partial charge in [-0.1, -0.05) is 13.0 Å². The number of amides is 1. The summed E-state index contributed by atoms with van der Waals surface area (Å²) in [7, 11) is 0. The van der Waals surface area contributed by atoms with Crippen LogP contribution in [0.5, 0.6) is 0 Å². The fourth-order valence-electron chi connectivity index (χ4n) is 3.34. The van der Waals surface area contributed by atoms with Gasteiger partial charge in [-0.15, -0.1) is 0 Å². The number of nitrogens with zero attached hydrogens (tertiary/aromatic N) is 5. The molecule has 0 atom stereocenters. The lowest BCUT2D eigenvalue weighted by Gasteiger charge is -2.35. The Bertz CT molecular complexity index is 896. The van der Waals surface area contributed by atoms with Gasteiger partial charge in [-0.2, -0.15) is 5.26 Å². The standard InChI is InChI=1S/C20H23F2N5O2/c1-3-25(12-15-16(21)5-4-6-17(15)22)13-19(28)26-7-9-27(10-8-26)20-18(11-23)24-14(2)29-20/h4-6H,3,7-10,12-13H2,1-2H3. The van der Waals surface area contributed by atoms with Crippen LogP contribution < -0.4 is 4.90 Å². The van der Waals surface area contributed by atoms with Crippen LogP contribution in [-0.2, 0) is 11.3 Å². The molecule has 1 amide bonds. The third-order valence-electron chi connectivity index (χ3n) is 4.99. The van der Waals surface area contributed by atoms with Gasteiger partial charge >= 0.3 is 0 Å². The van der Waals surface area contributed by atoms with Crippen LogP contribution in [0.15, 0.2) is 22.6 Å². The quantitative estimate of drug-likeness (QED) is 0.737. The van der Waals surface area contributed by atoms with Gasteiger partial charge in [0.2, 0.25) is 17.5 Å². The minimum absolute atomic E-state index is 0.0308. The SMILES string of the molecule is CCN(CC(=O)N1CCN(c2oc(C)nc2C#N)CC1)Cc1c(F)cccc1F. The van der Waals surface area contributed by atoms with Crippen LogP contribution >= 0.6 is 0 Å². The molecule has 1 aliphatic heterocycles. The summed E-state index contributed by atoms with van der Waals surface area (Å²) in [5, 5.41) is 9.17. The highest BCUT2D eigenvalue weighted by Gasteiger charge is 2.26. The van der Waals surface area contributed by atoms with Crippen LogP contribution in [0.25, 0.3) is 0 Å². The predicted molar refractivity (Wildman–Crippen MR) is 102 cm³/mol. The van der Waals surface area contributed by atoms with Gasteiger partial charge in [0, 0.05) is 45.2 Å². The van der Waals surface area contributed by atoms with Gasteiger partial charge in [0.15, 0.2) is 5.89 Å². The lowest BCUT2D eigenvalue weighted by atomic mass is 10.2. The van der Waals surface area contributed by atoms with E-state index in [2.05, 4.69) is 4.98 Å². The largest absolute Gasteiger partial charge is 0.424 e. The number of carbonyl (C=O) groups is 1. The number of nitriles is 1. The monoisotopic (exact) mass is 403 g/mol. The van der Waals surface area contributed by atoms with E-state index in [-0.39, 0.29) is 30.3 Å². The second kappa shape index (κ2) is 9.01. The average Bonchev–Trinajstić information content (AvgIpc) is 3.10. The zero-order valence-electron chi connectivity index (χ0n) is 16.5. The van der Waals surface area contributed by atoms with Gasteiger partial charge in [-0.25, -0.2) is 13.8 Å². The molecule has 1 aliphatic rings. The first-order chi connectivity index (χ1) is 13.9. The molecule has 0 N–H and O–H groups in total. The van der Waals surface area contributed by atoms with Gasteiger partial charge in [-0.3, -0.25) is 9.69 Å². The Labute approximate surface area is 168 Å². The molecule has 1 aromatic heterocycles. The fraction of sp³-hybridized carbons (Fsp3) is 0.450. The summed E-state index contributed by atoms with van der Waals surface area (Å²) in [6, 6.07) is 5.77. The number of rotatable bonds is 6. The van der Waals surface area contributed by atoms with E-state index in [1.807, 2.05) is 17.9 Å². The Morgan fingerprint density at radius 2 is 1.93 bits per heavy atom. The van der Waals surface area contributed by atoms with E-state index in [0.29, 0.717) is 44.5 Å². The van der Waals surface area contributed by atoms with Crippen molar-refractivity contribution < 1.29 is 18.0 Å². The maximum Gasteiger partial charge on any atom is 0.236 e. The Kier molecular flexibility index (Phi) is 6.44. The second-order valence-electron chi connectivity index (χ2n) is 6.87. The number of aryl methyl sites for hydroxylation is 1. The Balaban J connectivity index is 1.58. The molecule has 3 rings (SSSR count). The molecule has 9 heteroatoms. The van der Waals surface area contributed by atoms with Crippen molar-refractivity contribution in [1.82, 2.24) is 14.8 Å². The van der Waals surface area contributed by atoms with E-state index in [4.69, 9.17) is 9.68 Å². The molecule has 29 heavy (non-hydrogen) atoms. The number of hydrogen-bond acceptors (Lipinski definition) is 6. The fourth-order valence-corrected chi connectivity index (χ4v) is 3.34. The summed E-state index contributed by atoms with van der Waals surface area (Å²) in [6.45, 7) is 6.10. The minimum Gasteiger partial charge on any atom is -0.424 e. The molecule has 0 bridgehead atoms. The van der Waals surface area contributed by atoms with Gasteiger partial charge in [0.25, 0.3) is 0 Å². The Morgan fingerprint density at radius 3 is 2.52 bits per heavy atom. The smallest absolute Gasteiger partial charge is 0.236 e. The summed E-state index contributed by atoms with van der Waals surface area (Å²) < 4.78 is 33.3. The van der Waals surface area contributed by atoms with E-state index in [1.54, 1.807) is 16.7 Å². The van der Waals surface area contributed by atoms with Gasteiger partial charge in [0.1, 0.15) is 17.7 Å². The summed E-state index contributed by atoms with van der Waals surface area (Å²) in [5.41, 5.74) is 0.211. The maximum atomic E-state index is 13.9. The maximum absolute atomic E-state index is 13.9. The molecule has 0 saturated carbocycles. The number of benzene rings is 1. The van der Waals surface area contributed by atoms with E-state index >= 15 is 0 Å². The zero-order valence-corrected chi connectivity index (χ0v) is 16.5. The van der Waals surface area contributed by atoms with Crippen LogP contribution in [0, 0.1) is 29.9 Å². The number of oxazole rings is 1. The van der Waals surface area contributed by atoms with Crippen molar-refractivity contribution in [3.8, 4) is 6.07 Å². The van der Waals surface area contributed by atoms with Crippen LogP contribution in [0.1, 0.15) is 24.1 Å². The van der Waals surface area contributed by atoms with Crippen molar-refractivity contribution in [3.63, 3.8) is 0 Å². The first-order valence-corrected chi connectivity index (χ1v) is 9.48. The third-order valence-corrected chi connectivity index (χ3v) is 4.99. The van der Waals surface area contributed by atoms with Crippen molar-refractivity contribution in [3.05, 3.63) is 47.0 Å². The molecule has 7 nitrogen and oxygen atoms in total. The van der Waals surface area contributed by atoms with E-state index in [1.165, 1.54) is 18.2 Å². The molecule has 0 radical (unpaired) electrons. The van der Waals surface area contributed by atoms with Crippen molar-refractivity contribution in [1.29, 1.82) is 5.26 Å². The Morgan fingerprint density at radius 1 is 1.28 bits per heavy atom. The average molecular weight is 403 g/mol. The highest BCUT2D eigenvalue weighted by atomic mass is 19.1. The van der Waals surface area contributed by atoms with Gasteiger partial charge in [0.05, 0.1) is 6.54 Å². The summed E-state index contributed by atoms with van der Waals surface area (Å²) in [4.78, 5) is 22.1. The van der Waals surface area contributed by atoms with Crippen LogP contribution in [0.2, 0.25) is 0 Å². The third kappa shape index (κ3) is 4.71. The molecule has 2 aromatic rings. The van der Waals surface area contributed by atoms with E-state index in [9.17, 15) is 13.6 Å². The lowest BCUT2D eigenvalue weighted by Crippen LogP contribution is -2.51. The second-order valence-corrected chi connectivity index (χ2v) is 6.87. The highest BCUT2D eigenvalue weighted by molar-refractivity contribution is 5.78. The molecule has 1 saturated heterocycles. The van der Waals surface area contributed by atoms with E-state index < -0.39 is 11.6 Å². The zero-order chi connectivity index (χ0) is 21.0. The lowest BCUT2D eigenvalue weighted by molar-refractivity contribution is -0.132. The number of hydrogen-bond donors (Lipinski definition) is 0. The van der Waals surface area contributed by atoms with Crippen molar-refractivity contribution in [2.75, 3.05) is 44.2 Å². The first-order valence-electron chi connectivity index (χ1n) is 9.48.